The maximum absolute atomic E-state index is 11.7. The van der Waals surface area contributed by atoms with Gasteiger partial charge < -0.3 is 20.3 Å². The van der Waals surface area contributed by atoms with Gasteiger partial charge >= 0.3 is 12.0 Å². The predicted molar refractivity (Wildman–Crippen MR) is 78.2 cm³/mol. The summed E-state index contributed by atoms with van der Waals surface area (Å²) in [5.41, 5.74) is 1.17. The van der Waals surface area contributed by atoms with Gasteiger partial charge in [-0.1, -0.05) is 21.1 Å². The maximum Gasteiger partial charge on any atom is 0.335 e. The first-order chi connectivity index (χ1) is 9.94. The molecule has 2 amide bonds. The number of aryl methyl sites for hydroxylation is 1. The number of benzene rings is 1. The molecule has 0 bridgehead atoms. The number of amides is 2. The number of aromatic nitrogens is 1. The number of carboxylic acid groups (broad SMARTS) is 1. The number of carboxylic acids is 1. The Kier molecular flexibility index (Phi) is 4.59. The van der Waals surface area contributed by atoms with Gasteiger partial charge in [-0.3, -0.25) is 0 Å². The van der Waals surface area contributed by atoms with E-state index in [0.29, 0.717) is 15.9 Å². The smallest absolute Gasteiger partial charge is 0.335 e. The summed E-state index contributed by atoms with van der Waals surface area (Å²) in [6, 6.07) is 5.65. The fourth-order valence-corrected chi connectivity index (χ4v) is 2.12. The molecule has 3 N–H and O–H groups in total. The van der Waals surface area contributed by atoms with Crippen molar-refractivity contribution in [2.75, 3.05) is 5.32 Å². The first-order valence-electron chi connectivity index (χ1n) is 5.95. The van der Waals surface area contributed by atoms with Crippen molar-refractivity contribution in [2.45, 2.75) is 13.5 Å². The van der Waals surface area contributed by atoms with Crippen molar-refractivity contribution in [3.63, 3.8) is 0 Å². The number of hydrogen-bond donors (Lipinski definition) is 3. The molecule has 0 aliphatic carbocycles. The fourth-order valence-electron chi connectivity index (χ4n) is 1.63. The van der Waals surface area contributed by atoms with Crippen LogP contribution in [0.15, 0.2) is 33.3 Å². The van der Waals surface area contributed by atoms with Crippen LogP contribution in [0, 0.1) is 6.92 Å². The van der Waals surface area contributed by atoms with Crippen LogP contribution >= 0.6 is 15.9 Å². The van der Waals surface area contributed by atoms with Gasteiger partial charge in [0.25, 0.3) is 0 Å². The molecule has 2 rings (SSSR count). The van der Waals surface area contributed by atoms with Gasteiger partial charge in [-0.05, 0) is 25.1 Å². The summed E-state index contributed by atoms with van der Waals surface area (Å²) >= 11 is 3.19. The molecule has 0 saturated carbocycles. The number of carbonyl (C=O) groups is 2. The number of nitrogens with one attached hydrogen (secondary N) is 2. The van der Waals surface area contributed by atoms with E-state index in [0.717, 1.165) is 5.69 Å². The number of halogens is 1. The topological polar surface area (TPSA) is 104 Å². The Hall–Kier alpha value is -2.35. The van der Waals surface area contributed by atoms with Crippen molar-refractivity contribution in [3.8, 4) is 0 Å². The van der Waals surface area contributed by atoms with Gasteiger partial charge in [0.2, 0.25) is 0 Å². The van der Waals surface area contributed by atoms with E-state index >= 15 is 0 Å². The molecule has 0 radical (unpaired) electrons. The first kappa shape index (κ1) is 15.0. The highest BCUT2D eigenvalue weighted by Crippen LogP contribution is 2.19. The van der Waals surface area contributed by atoms with E-state index < -0.39 is 12.0 Å². The molecule has 0 saturated heterocycles. The van der Waals surface area contributed by atoms with Gasteiger partial charge in [0, 0.05) is 16.2 Å². The lowest BCUT2D eigenvalue weighted by Gasteiger charge is -2.07. The SMILES string of the molecule is Cc1cc(CNC(=O)Nc2cc(Br)cc(C(=O)O)c2)on1. The van der Waals surface area contributed by atoms with Crippen LogP contribution in [0.5, 0.6) is 0 Å². The van der Waals surface area contributed by atoms with Crippen molar-refractivity contribution in [1.82, 2.24) is 10.5 Å². The summed E-state index contributed by atoms with van der Waals surface area (Å²) in [4.78, 5) is 22.7. The standard InChI is InChI=1S/C13H12BrN3O4/c1-7-2-11(21-17-7)6-15-13(20)16-10-4-8(12(18)19)3-9(14)5-10/h2-5H,6H2,1H3,(H,18,19)(H2,15,16,20). The highest BCUT2D eigenvalue weighted by Gasteiger charge is 2.09. The minimum absolute atomic E-state index is 0.0746. The van der Waals surface area contributed by atoms with Crippen molar-refractivity contribution >= 4 is 33.6 Å². The molecule has 7 nitrogen and oxygen atoms in total. The van der Waals surface area contributed by atoms with E-state index in [1.807, 2.05) is 0 Å². The molecule has 2 aromatic rings. The zero-order valence-corrected chi connectivity index (χ0v) is 12.6. The van der Waals surface area contributed by atoms with E-state index in [1.54, 1.807) is 19.1 Å². The summed E-state index contributed by atoms with van der Waals surface area (Å²) < 4.78 is 5.52. The van der Waals surface area contributed by atoms with Crippen LogP contribution in [0.2, 0.25) is 0 Å². The van der Waals surface area contributed by atoms with Crippen molar-refractivity contribution in [2.24, 2.45) is 0 Å². The molecule has 8 heteroatoms. The number of urea groups is 1. The maximum atomic E-state index is 11.7. The molecule has 0 fully saturated rings. The van der Waals surface area contributed by atoms with Crippen LogP contribution in [-0.4, -0.2) is 22.3 Å². The molecule has 1 aromatic carbocycles. The van der Waals surface area contributed by atoms with Crippen LogP contribution in [0.25, 0.3) is 0 Å². The van der Waals surface area contributed by atoms with E-state index in [1.165, 1.54) is 12.1 Å². The third kappa shape index (κ3) is 4.32. The predicted octanol–water partition coefficient (Wildman–Crippen LogP) is 2.77. The van der Waals surface area contributed by atoms with Gasteiger partial charge in [-0.25, -0.2) is 9.59 Å². The van der Waals surface area contributed by atoms with E-state index in [4.69, 9.17) is 9.63 Å². The Bertz CT molecular complexity index is 684. The summed E-state index contributed by atoms with van der Waals surface area (Å²) in [5.74, 6) is -0.542. The van der Waals surface area contributed by atoms with Crippen molar-refractivity contribution in [1.29, 1.82) is 0 Å². The summed E-state index contributed by atoms with van der Waals surface area (Å²) in [6.45, 7) is 1.97. The number of anilines is 1. The summed E-state index contributed by atoms with van der Waals surface area (Å²) in [7, 11) is 0. The van der Waals surface area contributed by atoms with Crippen LogP contribution in [-0.2, 0) is 6.54 Å². The second kappa shape index (κ2) is 6.40. The lowest BCUT2D eigenvalue weighted by molar-refractivity contribution is 0.0697. The third-order valence-electron chi connectivity index (χ3n) is 2.50. The zero-order valence-electron chi connectivity index (χ0n) is 11.0. The first-order valence-corrected chi connectivity index (χ1v) is 6.74. The number of aromatic carboxylic acids is 1. The Morgan fingerprint density at radius 2 is 2.10 bits per heavy atom. The number of nitrogens with zero attached hydrogens (tertiary/aromatic N) is 1. The lowest BCUT2D eigenvalue weighted by Crippen LogP contribution is -2.28. The molecule has 0 aliphatic rings. The van der Waals surface area contributed by atoms with Gasteiger partial charge in [0.1, 0.15) is 0 Å². The average Bonchev–Trinajstić information content (AvgIpc) is 2.81. The van der Waals surface area contributed by atoms with E-state index in [-0.39, 0.29) is 12.1 Å². The van der Waals surface area contributed by atoms with E-state index in [2.05, 4.69) is 31.7 Å². The summed E-state index contributed by atoms with van der Waals surface area (Å²) in [6.07, 6.45) is 0. The van der Waals surface area contributed by atoms with Gasteiger partial charge in [0.15, 0.2) is 5.76 Å². The molecule has 0 unspecified atom stereocenters. The Morgan fingerprint density at radius 1 is 1.33 bits per heavy atom. The highest BCUT2D eigenvalue weighted by molar-refractivity contribution is 9.10. The third-order valence-corrected chi connectivity index (χ3v) is 2.96. The molecular weight excluding hydrogens is 342 g/mol. The fraction of sp³-hybridized carbons (Fsp3) is 0.154. The molecule has 0 spiro atoms. The van der Waals surface area contributed by atoms with Crippen molar-refractivity contribution in [3.05, 3.63) is 45.8 Å². The van der Waals surface area contributed by atoms with Gasteiger partial charge in [0.05, 0.1) is 17.8 Å². The van der Waals surface area contributed by atoms with Crippen molar-refractivity contribution < 1.29 is 19.2 Å². The molecule has 0 atom stereocenters. The second-order valence-electron chi connectivity index (χ2n) is 4.28. The van der Waals surface area contributed by atoms with E-state index in [9.17, 15) is 9.59 Å². The van der Waals surface area contributed by atoms with Crippen LogP contribution in [0.3, 0.4) is 0 Å². The number of carbonyl (C=O) groups excluding carboxylic acids is 1. The molecule has 0 aliphatic heterocycles. The number of rotatable bonds is 4. The second-order valence-corrected chi connectivity index (χ2v) is 5.19. The van der Waals surface area contributed by atoms with Crippen LogP contribution in [0.1, 0.15) is 21.8 Å². The Morgan fingerprint density at radius 3 is 2.71 bits per heavy atom. The number of hydrogen-bond acceptors (Lipinski definition) is 4. The molecule has 110 valence electrons. The molecular formula is C13H12BrN3O4. The Labute approximate surface area is 128 Å². The minimum Gasteiger partial charge on any atom is -0.478 e. The van der Waals surface area contributed by atoms with Crippen LogP contribution < -0.4 is 10.6 Å². The van der Waals surface area contributed by atoms with Crippen LogP contribution in [0.4, 0.5) is 10.5 Å². The largest absolute Gasteiger partial charge is 0.478 e. The lowest BCUT2D eigenvalue weighted by atomic mass is 10.2. The minimum atomic E-state index is -1.07. The Balaban J connectivity index is 1.97. The monoisotopic (exact) mass is 353 g/mol. The average molecular weight is 354 g/mol. The molecule has 1 aromatic heterocycles. The zero-order chi connectivity index (χ0) is 15.4. The quantitative estimate of drug-likeness (QED) is 0.783. The van der Waals surface area contributed by atoms with Gasteiger partial charge in [-0.15, -0.1) is 0 Å². The van der Waals surface area contributed by atoms with Gasteiger partial charge in [-0.2, -0.15) is 0 Å². The summed E-state index contributed by atoms with van der Waals surface area (Å²) in [5, 5.41) is 17.8. The normalized spacial score (nSPS) is 10.2. The highest BCUT2D eigenvalue weighted by atomic mass is 79.9. The molecule has 21 heavy (non-hydrogen) atoms. The molecule has 1 heterocycles.